The number of hydrazone groups is 1. The summed E-state index contributed by atoms with van der Waals surface area (Å²) in [5.41, 5.74) is 5.10. The summed E-state index contributed by atoms with van der Waals surface area (Å²) in [5.74, 6) is -0.631. The van der Waals surface area contributed by atoms with Crippen LogP contribution in [0.4, 0.5) is 0 Å². The van der Waals surface area contributed by atoms with Gasteiger partial charge in [-0.1, -0.05) is 36.4 Å². The quantitative estimate of drug-likeness (QED) is 0.393. The predicted molar refractivity (Wildman–Crippen MR) is 125 cm³/mol. The maximum Gasteiger partial charge on any atom is 0.292 e. The van der Waals surface area contributed by atoms with Gasteiger partial charge in [-0.15, -0.1) is 0 Å². The highest BCUT2D eigenvalue weighted by Crippen LogP contribution is 2.15. The lowest BCUT2D eigenvalue weighted by Gasteiger charge is -2.11. The number of carbonyl (C=O) groups is 1. The van der Waals surface area contributed by atoms with Gasteiger partial charge in [-0.05, 0) is 61.5 Å². The van der Waals surface area contributed by atoms with E-state index in [-0.39, 0.29) is 16.8 Å². The van der Waals surface area contributed by atoms with Crippen molar-refractivity contribution >= 4 is 22.9 Å². The molecule has 160 valence electrons. The molecule has 7 nitrogen and oxygen atoms in total. The lowest BCUT2D eigenvalue weighted by atomic mass is 10.1. The molecule has 1 heterocycles. The highest BCUT2D eigenvalue weighted by Gasteiger charge is 2.20. The number of nitrogens with one attached hydrogen (secondary N) is 1. The SMILES string of the molecule is Cc1ccc(-n2nc(C(=O)N/N=C/c3cc#cc4ccccc34)c(C)c(C#N)c2=O)cc1C. The van der Waals surface area contributed by atoms with E-state index < -0.39 is 11.5 Å². The van der Waals surface area contributed by atoms with Gasteiger partial charge in [-0.3, -0.25) is 9.59 Å². The summed E-state index contributed by atoms with van der Waals surface area (Å²) < 4.78 is 1.08. The molecule has 0 aliphatic rings. The molecule has 0 atom stereocenters. The summed E-state index contributed by atoms with van der Waals surface area (Å²) in [5, 5.41) is 19.6. The van der Waals surface area contributed by atoms with Gasteiger partial charge in [0.25, 0.3) is 11.5 Å². The van der Waals surface area contributed by atoms with E-state index in [9.17, 15) is 14.9 Å². The van der Waals surface area contributed by atoms with E-state index in [1.165, 1.54) is 13.1 Å². The van der Waals surface area contributed by atoms with Gasteiger partial charge in [0.15, 0.2) is 5.69 Å². The standard InChI is InChI=1S/C26H19N5O2/c1-16-11-12-21(13-17(16)2)31-26(33)23(14-27)18(3)24(30-31)25(32)29-28-15-20-9-6-8-19-7-4-5-10-22(19)20/h4-5,7,9-13,15H,1-3H3,(H,29,32)/b28-15+. The minimum absolute atomic E-state index is 0.0562. The van der Waals surface area contributed by atoms with E-state index in [2.05, 4.69) is 27.8 Å². The number of benzene rings is 2. The molecule has 1 aromatic heterocycles. The highest BCUT2D eigenvalue weighted by atomic mass is 16.2. The van der Waals surface area contributed by atoms with Crippen LogP contribution in [-0.2, 0) is 0 Å². The second kappa shape index (κ2) is 8.78. The van der Waals surface area contributed by atoms with Crippen LogP contribution in [0.25, 0.3) is 16.5 Å². The number of hydrogen-bond donors (Lipinski definition) is 1. The van der Waals surface area contributed by atoms with Crippen molar-refractivity contribution in [3.8, 4) is 11.8 Å². The molecule has 4 aromatic rings. The number of amides is 1. The zero-order valence-corrected chi connectivity index (χ0v) is 18.3. The number of nitrogens with zero attached hydrogens (tertiary/aromatic N) is 4. The van der Waals surface area contributed by atoms with Crippen LogP contribution in [0.15, 0.2) is 58.4 Å². The highest BCUT2D eigenvalue weighted by molar-refractivity contribution is 6.00. The van der Waals surface area contributed by atoms with Gasteiger partial charge in [-0.2, -0.15) is 20.1 Å². The monoisotopic (exact) mass is 433 g/mol. The molecule has 0 aliphatic carbocycles. The lowest BCUT2D eigenvalue weighted by Crippen LogP contribution is -2.31. The molecule has 1 N–H and O–H groups in total. The summed E-state index contributed by atoms with van der Waals surface area (Å²) >= 11 is 0. The third kappa shape index (κ3) is 4.08. The van der Waals surface area contributed by atoms with Crippen LogP contribution in [0, 0.1) is 44.2 Å². The van der Waals surface area contributed by atoms with Gasteiger partial charge >= 0.3 is 0 Å². The molecule has 0 saturated heterocycles. The maximum atomic E-state index is 12.9. The number of nitriles is 1. The summed E-state index contributed by atoms with van der Waals surface area (Å²) in [4.78, 5) is 25.7. The first-order valence-electron chi connectivity index (χ1n) is 10.2. The van der Waals surface area contributed by atoms with Crippen LogP contribution in [0.3, 0.4) is 0 Å². The Morgan fingerprint density at radius 2 is 1.97 bits per heavy atom. The molecule has 4 rings (SSSR count). The Morgan fingerprint density at radius 3 is 2.73 bits per heavy atom. The summed E-state index contributed by atoms with van der Waals surface area (Å²) in [6.07, 6.45) is 1.50. The first-order valence-corrected chi connectivity index (χ1v) is 10.2. The second-order valence-corrected chi connectivity index (χ2v) is 7.56. The predicted octanol–water partition coefficient (Wildman–Crippen LogP) is 3.55. The number of aryl methyl sites for hydroxylation is 2. The van der Waals surface area contributed by atoms with Crippen molar-refractivity contribution in [2.75, 3.05) is 0 Å². The normalized spacial score (nSPS) is 10.7. The molecule has 0 radical (unpaired) electrons. The van der Waals surface area contributed by atoms with Crippen LogP contribution in [0.2, 0.25) is 0 Å². The van der Waals surface area contributed by atoms with Crippen molar-refractivity contribution in [3.63, 3.8) is 0 Å². The van der Waals surface area contributed by atoms with E-state index in [1.54, 1.807) is 18.2 Å². The smallest absolute Gasteiger partial charge is 0.266 e. The Balaban J connectivity index is 1.70. The fourth-order valence-electron chi connectivity index (χ4n) is 3.42. The third-order valence-electron chi connectivity index (χ3n) is 5.44. The average Bonchev–Trinajstić information content (AvgIpc) is 2.81. The van der Waals surface area contributed by atoms with Crippen molar-refractivity contribution in [1.29, 1.82) is 5.26 Å². The molecule has 0 spiro atoms. The lowest BCUT2D eigenvalue weighted by molar-refractivity contribution is 0.0947. The Hall–Kier alpha value is -4.75. The molecule has 0 aliphatic heterocycles. The second-order valence-electron chi connectivity index (χ2n) is 7.56. The summed E-state index contributed by atoms with van der Waals surface area (Å²) in [6, 6.07) is 22.6. The van der Waals surface area contributed by atoms with E-state index >= 15 is 0 Å². The van der Waals surface area contributed by atoms with Gasteiger partial charge in [0, 0.05) is 16.5 Å². The van der Waals surface area contributed by atoms with Gasteiger partial charge in [0.2, 0.25) is 0 Å². The van der Waals surface area contributed by atoms with Crippen molar-refractivity contribution in [2.24, 2.45) is 5.10 Å². The summed E-state index contributed by atoms with van der Waals surface area (Å²) in [6.45, 7) is 5.38. The molecular weight excluding hydrogens is 414 g/mol. The van der Waals surface area contributed by atoms with E-state index in [0.717, 1.165) is 32.1 Å². The minimum Gasteiger partial charge on any atom is -0.266 e. The summed E-state index contributed by atoms with van der Waals surface area (Å²) in [7, 11) is 0. The third-order valence-corrected chi connectivity index (χ3v) is 5.44. The largest absolute Gasteiger partial charge is 0.292 e. The zero-order chi connectivity index (χ0) is 23.5. The van der Waals surface area contributed by atoms with Gasteiger partial charge in [-0.25, -0.2) is 5.43 Å². The molecule has 0 saturated carbocycles. The number of fused-ring (bicyclic) bond motifs is 1. The van der Waals surface area contributed by atoms with Crippen LogP contribution in [-0.4, -0.2) is 21.9 Å². The van der Waals surface area contributed by atoms with Crippen molar-refractivity contribution < 1.29 is 4.79 Å². The Kier molecular flexibility index (Phi) is 5.71. The van der Waals surface area contributed by atoms with Gasteiger partial charge in [0.1, 0.15) is 11.6 Å². The number of rotatable bonds is 4. The van der Waals surface area contributed by atoms with Crippen molar-refractivity contribution in [1.82, 2.24) is 15.2 Å². The van der Waals surface area contributed by atoms with Crippen LogP contribution < -0.4 is 11.0 Å². The van der Waals surface area contributed by atoms with Crippen LogP contribution in [0.1, 0.15) is 38.3 Å². The van der Waals surface area contributed by atoms with Gasteiger partial charge < -0.3 is 0 Å². The number of hydrogen-bond acceptors (Lipinski definition) is 5. The molecule has 33 heavy (non-hydrogen) atoms. The van der Waals surface area contributed by atoms with E-state index in [0.29, 0.717) is 5.69 Å². The average molecular weight is 433 g/mol. The molecule has 0 unspecified atom stereocenters. The fraction of sp³-hybridized carbons (Fsp3) is 0.115. The molecule has 0 bridgehead atoms. The molecule has 0 fully saturated rings. The number of carbonyl (C=O) groups excluding carboxylic acids is 1. The Bertz CT molecular complexity index is 1520. The molecule has 3 aromatic carbocycles. The van der Waals surface area contributed by atoms with E-state index in [1.807, 2.05) is 50.2 Å². The number of aromatic nitrogens is 2. The van der Waals surface area contributed by atoms with E-state index in [4.69, 9.17) is 0 Å². The van der Waals surface area contributed by atoms with Crippen molar-refractivity contribution in [2.45, 2.75) is 20.8 Å². The fourth-order valence-corrected chi connectivity index (χ4v) is 3.42. The Labute approximate surface area is 190 Å². The van der Waals surface area contributed by atoms with Crippen LogP contribution >= 0.6 is 0 Å². The topological polar surface area (TPSA) is 100 Å². The van der Waals surface area contributed by atoms with Crippen LogP contribution in [0.5, 0.6) is 0 Å². The zero-order valence-electron chi connectivity index (χ0n) is 18.3. The Morgan fingerprint density at radius 1 is 1.18 bits per heavy atom. The first kappa shape index (κ1) is 21.5. The molecular formula is C26H19N5O2. The minimum atomic E-state index is -0.631. The maximum absolute atomic E-state index is 12.9. The molecule has 7 heteroatoms. The van der Waals surface area contributed by atoms with Gasteiger partial charge in [0.05, 0.1) is 11.9 Å². The first-order chi connectivity index (χ1) is 15.9. The molecule has 1 amide bonds. The van der Waals surface area contributed by atoms with Crippen molar-refractivity contribution in [3.05, 3.63) is 105 Å².